The number of rotatable bonds is 3. The van der Waals surface area contributed by atoms with E-state index in [0.717, 1.165) is 4.47 Å². The lowest BCUT2D eigenvalue weighted by molar-refractivity contribution is -0.385. The smallest absolute Gasteiger partial charge is 0.274 e. The van der Waals surface area contributed by atoms with E-state index in [4.69, 9.17) is 5.73 Å². The number of hydrogen-bond acceptors (Lipinski definition) is 3. The zero-order valence-corrected chi connectivity index (χ0v) is 8.90. The number of nitro benzene ring substituents is 1. The van der Waals surface area contributed by atoms with Gasteiger partial charge in [0.05, 0.1) is 16.5 Å². The van der Waals surface area contributed by atoms with Crippen molar-refractivity contribution in [2.24, 2.45) is 5.73 Å². The van der Waals surface area contributed by atoms with Gasteiger partial charge in [-0.05, 0) is 12.1 Å². The summed E-state index contributed by atoms with van der Waals surface area (Å²) in [4.78, 5) is 10.2. The fourth-order valence-corrected chi connectivity index (χ4v) is 1.46. The molecule has 0 saturated carbocycles. The normalized spacial score (nSPS) is 12.1. The monoisotopic (exact) mass is 256 g/mol. The second kappa shape index (κ2) is 4.34. The lowest BCUT2D eigenvalue weighted by Crippen LogP contribution is -2.09. The molecular formula is C9H9BrN2O2. The third kappa shape index (κ3) is 2.18. The highest BCUT2D eigenvalue weighted by Crippen LogP contribution is 2.27. The van der Waals surface area contributed by atoms with E-state index in [0.29, 0.717) is 5.56 Å². The van der Waals surface area contributed by atoms with Gasteiger partial charge in [0.25, 0.3) is 5.69 Å². The van der Waals surface area contributed by atoms with Crippen LogP contribution in [0.1, 0.15) is 11.6 Å². The van der Waals surface area contributed by atoms with Gasteiger partial charge in [-0.1, -0.05) is 22.0 Å². The second-order valence-electron chi connectivity index (χ2n) is 2.72. The van der Waals surface area contributed by atoms with E-state index in [1.807, 2.05) is 0 Å². The first-order valence-corrected chi connectivity index (χ1v) is 4.67. The van der Waals surface area contributed by atoms with Gasteiger partial charge >= 0.3 is 0 Å². The molecule has 4 nitrogen and oxygen atoms in total. The Bertz CT molecular complexity index is 379. The number of hydrogen-bond donors (Lipinski definition) is 1. The van der Waals surface area contributed by atoms with Crippen molar-refractivity contribution in [1.29, 1.82) is 0 Å². The summed E-state index contributed by atoms with van der Waals surface area (Å²) in [6, 6.07) is 4.14. The third-order valence-corrected chi connectivity index (χ3v) is 2.29. The maximum Gasteiger partial charge on any atom is 0.274 e. The Hall–Kier alpha value is -1.20. The van der Waals surface area contributed by atoms with Crippen LogP contribution in [0.2, 0.25) is 0 Å². The van der Waals surface area contributed by atoms with E-state index >= 15 is 0 Å². The molecule has 0 amide bonds. The summed E-state index contributed by atoms with van der Waals surface area (Å²) in [5, 5.41) is 10.7. The number of nitro groups is 1. The van der Waals surface area contributed by atoms with Crippen LogP contribution in [-0.2, 0) is 0 Å². The zero-order chi connectivity index (χ0) is 10.7. The number of halogens is 1. The summed E-state index contributed by atoms with van der Waals surface area (Å²) in [7, 11) is 0. The molecule has 0 aliphatic heterocycles. The molecule has 0 aliphatic rings. The first kappa shape index (κ1) is 10.9. The highest BCUT2D eigenvalue weighted by atomic mass is 79.9. The van der Waals surface area contributed by atoms with Crippen LogP contribution in [0.15, 0.2) is 35.3 Å². The van der Waals surface area contributed by atoms with Gasteiger partial charge in [0.15, 0.2) is 0 Å². The predicted octanol–water partition coefficient (Wildman–Crippen LogP) is 2.54. The van der Waals surface area contributed by atoms with Crippen molar-refractivity contribution in [3.63, 3.8) is 0 Å². The van der Waals surface area contributed by atoms with E-state index in [9.17, 15) is 10.1 Å². The molecule has 0 aromatic heterocycles. The van der Waals surface area contributed by atoms with E-state index < -0.39 is 11.0 Å². The molecule has 0 bridgehead atoms. The molecule has 1 aromatic carbocycles. The molecule has 1 unspecified atom stereocenters. The summed E-state index contributed by atoms with van der Waals surface area (Å²) < 4.78 is 0.760. The minimum absolute atomic E-state index is 0.0144. The minimum atomic E-state index is -0.520. The maximum absolute atomic E-state index is 10.7. The van der Waals surface area contributed by atoms with E-state index in [1.165, 1.54) is 12.1 Å². The lowest BCUT2D eigenvalue weighted by Gasteiger charge is -2.07. The zero-order valence-electron chi connectivity index (χ0n) is 7.31. The van der Waals surface area contributed by atoms with Crippen LogP contribution < -0.4 is 5.73 Å². The summed E-state index contributed by atoms with van der Waals surface area (Å²) in [6.07, 6.45) is 1.47. The highest BCUT2D eigenvalue weighted by Gasteiger charge is 2.17. The molecule has 1 aromatic rings. The Kier molecular flexibility index (Phi) is 3.38. The van der Waals surface area contributed by atoms with E-state index in [1.54, 1.807) is 12.1 Å². The Balaban J connectivity index is 3.29. The van der Waals surface area contributed by atoms with Gasteiger partial charge in [-0.15, -0.1) is 6.58 Å². The quantitative estimate of drug-likeness (QED) is 0.514. The molecule has 0 heterocycles. The van der Waals surface area contributed by atoms with Gasteiger partial charge in [0.1, 0.15) is 0 Å². The van der Waals surface area contributed by atoms with Crippen molar-refractivity contribution in [1.82, 2.24) is 0 Å². The average Bonchev–Trinajstić information content (AvgIpc) is 2.16. The van der Waals surface area contributed by atoms with Crippen LogP contribution in [0.5, 0.6) is 0 Å². The summed E-state index contributed by atoms with van der Waals surface area (Å²) in [5.74, 6) is 0. The average molecular weight is 257 g/mol. The van der Waals surface area contributed by atoms with Crippen molar-refractivity contribution in [3.05, 3.63) is 51.0 Å². The minimum Gasteiger partial charge on any atom is -0.321 e. The SMILES string of the molecule is C=CC(N)c1cc(Br)ccc1[N+](=O)[O-]. The summed E-state index contributed by atoms with van der Waals surface area (Å²) in [6.45, 7) is 3.50. The van der Waals surface area contributed by atoms with Crippen LogP contribution in [0.3, 0.4) is 0 Å². The highest BCUT2D eigenvalue weighted by molar-refractivity contribution is 9.10. The molecular weight excluding hydrogens is 248 g/mol. The number of nitrogens with two attached hydrogens (primary N) is 1. The number of nitrogens with zero attached hydrogens (tertiary/aromatic N) is 1. The molecule has 14 heavy (non-hydrogen) atoms. The van der Waals surface area contributed by atoms with Crippen LogP contribution in [0.25, 0.3) is 0 Å². The molecule has 1 atom stereocenters. The van der Waals surface area contributed by atoms with Gasteiger partial charge in [-0.25, -0.2) is 0 Å². The molecule has 0 aliphatic carbocycles. The second-order valence-corrected chi connectivity index (χ2v) is 3.64. The predicted molar refractivity (Wildman–Crippen MR) is 57.9 cm³/mol. The topological polar surface area (TPSA) is 69.2 Å². The van der Waals surface area contributed by atoms with Gasteiger partial charge < -0.3 is 5.73 Å². The van der Waals surface area contributed by atoms with Gasteiger partial charge in [-0.3, -0.25) is 10.1 Å². The first-order chi connectivity index (χ1) is 6.56. The Morgan fingerprint density at radius 3 is 2.79 bits per heavy atom. The summed E-state index contributed by atoms with van der Waals surface area (Å²) >= 11 is 3.23. The van der Waals surface area contributed by atoms with Crippen molar-refractivity contribution in [2.45, 2.75) is 6.04 Å². The Morgan fingerprint density at radius 1 is 1.64 bits per heavy atom. The Morgan fingerprint density at radius 2 is 2.29 bits per heavy atom. The Labute approximate surface area is 89.7 Å². The summed E-state index contributed by atoms with van der Waals surface area (Å²) in [5.41, 5.74) is 6.13. The fourth-order valence-electron chi connectivity index (χ4n) is 1.09. The van der Waals surface area contributed by atoms with Crippen molar-refractivity contribution < 1.29 is 4.92 Å². The van der Waals surface area contributed by atoms with Gasteiger partial charge in [0, 0.05) is 10.5 Å². The standard InChI is InChI=1S/C9H9BrN2O2/c1-2-8(11)7-5-6(10)3-4-9(7)12(13)14/h2-5,8H,1,11H2. The van der Waals surface area contributed by atoms with Crippen LogP contribution >= 0.6 is 15.9 Å². The molecule has 0 spiro atoms. The maximum atomic E-state index is 10.7. The number of benzene rings is 1. The molecule has 0 saturated heterocycles. The van der Waals surface area contributed by atoms with Crippen LogP contribution in [-0.4, -0.2) is 4.92 Å². The fraction of sp³-hybridized carbons (Fsp3) is 0.111. The largest absolute Gasteiger partial charge is 0.321 e. The van der Waals surface area contributed by atoms with Gasteiger partial charge in [-0.2, -0.15) is 0 Å². The van der Waals surface area contributed by atoms with Crippen LogP contribution in [0, 0.1) is 10.1 Å². The van der Waals surface area contributed by atoms with Gasteiger partial charge in [0.2, 0.25) is 0 Å². The van der Waals surface area contributed by atoms with Crippen molar-refractivity contribution in [3.8, 4) is 0 Å². The van der Waals surface area contributed by atoms with Crippen molar-refractivity contribution in [2.75, 3.05) is 0 Å². The molecule has 0 fully saturated rings. The van der Waals surface area contributed by atoms with E-state index in [-0.39, 0.29) is 5.69 Å². The third-order valence-electron chi connectivity index (χ3n) is 1.80. The first-order valence-electron chi connectivity index (χ1n) is 3.88. The molecule has 1 rings (SSSR count). The molecule has 5 heteroatoms. The lowest BCUT2D eigenvalue weighted by atomic mass is 10.1. The van der Waals surface area contributed by atoms with E-state index in [2.05, 4.69) is 22.5 Å². The van der Waals surface area contributed by atoms with Crippen LogP contribution in [0.4, 0.5) is 5.69 Å². The van der Waals surface area contributed by atoms with Crippen molar-refractivity contribution >= 4 is 21.6 Å². The molecule has 2 N–H and O–H groups in total. The molecule has 0 radical (unpaired) electrons. The molecule has 74 valence electrons.